The average Bonchev–Trinajstić information content (AvgIpc) is 2.35. The molecule has 0 radical (unpaired) electrons. The number of ether oxygens (including phenoxy) is 1. The molecular formula is C16H26O. The predicted molar refractivity (Wildman–Crippen MR) is 74.6 cm³/mol. The zero-order valence-electron chi connectivity index (χ0n) is 11.9. The molecule has 0 aromatic heterocycles. The molecular weight excluding hydrogens is 208 g/mol. The Bertz CT molecular complexity index is 313. The first-order valence-electron chi connectivity index (χ1n) is 6.72. The van der Waals surface area contributed by atoms with Crippen LogP contribution in [0.25, 0.3) is 0 Å². The fourth-order valence-electron chi connectivity index (χ4n) is 2.34. The summed E-state index contributed by atoms with van der Waals surface area (Å²) < 4.78 is 5.22. The third-order valence-corrected chi connectivity index (χ3v) is 3.60. The maximum atomic E-state index is 5.22. The molecule has 0 N–H and O–H groups in total. The summed E-state index contributed by atoms with van der Waals surface area (Å²) in [6, 6.07) is 8.59. The number of methoxy groups -OCH3 is 1. The maximum absolute atomic E-state index is 5.22. The minimum atomic E-state index is 0.672. The van der Waals surface area contributed by atoms with Crippen molar-refractivity contribution in [3.63, 3.8) is 0 Å². The Hall–Kier alpha value is -0.980. The fraction of sp³-hybridized carbons (Fsp3) is 0.625. The van der Waals surface area contributed by atoms with E-state index in [4.69, 9.17) is 4.74 Å². The van der Waals surface area contributed by atoms with E-state index in [9.17, 15) is 0 Å². The lowest BCUT2D eigenvalue weighted by Gasteiger charge is -2.25. The van der Waals surface area contributed by atoms with E-state index in [-0.39, 0.29) is 0 Å². The van der Waals surface area contributed by atoms with Crippen LogP contribution >= 0.6 is 0 Å². The van der Waals surface area contributed by atoms with Gasteiger partial charge in [0.1, 0.15) is 5.75 Å². The normalized spacial score (nSPS) is 14.7. The number of benzene rings is 1. The van der Waals surface area contributed by atoms with Crippen molar-refractivity contribution in [2.45, 2.75) is 46.5 Å². The standard InChI is InChI=1S/C16H26O/c1-6-13(4)16(11-12(2)3)14-7-9-15(17-5)10-8-14/h7-10,12-13,16H,6,11H2,1-5H3. The molecule has 1 aromatic carbocycles. The van der Waals surface area contributed by atoms with E-state index in [1.807, 2.05) is 0 Å². The van der Waals surface area contributed by atoms with Gasteiger partial charge in [-0.05, 0) is 41.9 Å². The van der Waals surface area contributed by atoms with Crippen molar-refractivity contribution in [3.05, 3.63) is 29.8 Å². The van der Waals surface area contributed by atoms with Crippen LogP contribution in [0.5, 0.6) is 5.75 Å². The van der Waals surface area contributed by atoms with Gasteiger partial charge >= 0.3 is 0 Å². The largest absolute Gasteiger partial charge is 0.497 e. The molecule has 1 rings (SSSR count). The quantitative estimate of drug-likeness (QED) is 0.682. The van der Waals surface area contributed by atoms with Crippen LogP contribution in [0.2, 0.25) is 0 Å². The molecule has 0 heterocycles. The van der Waals surface area contributed by atoms with Crippen molar-refractivity contribution in [1.29, 1.82) is 0 Å². The van der Waals surface area contributed by atoms with E-state index in [0.717, 1.165) is 17.6 Å². The first kappa shape index (κ1) is 14.1. The Kier molecular flexibility index (Phi) is 5.54. The summed E-state index contributed by atoms with van der Waals surface area (Å²) in [5, 5.41) is 0. The first-order chi connectivity index (χ1) is 8.08. The highest BCUT2D eigenvalue weighted by molar-refractivity contribution is 5.29. The summed E-state index contributed by atoms with van der Waals surface area (Å²) in [6.45, 7) is 9.25. The second-order valence-corrected chi connectivity index (χ2v) is 5.39. The van der Waals surface area contributed by atoms with E-state index < -0.39 is 0 Å². The van der Waals surface area contributed by atoms with Crippen LogP contribution in [0.4, 0.5) is 0 Å². The zero-order valence-corrected chi connectivity index (χ0v) is 11.9. The lowest BCUT2D eigenvalue weighted by molar-refractivity contribution is 0.376. The molecule has 1 heteroatoms. The molecule has 0 bridgehead atoms. The van der Waals surface area contributed by atoms with Gasteiger partial charge in [-0.3, -0.25) is 0 Å². The van der Waals surface area contributed by atoms with Crippen LogP contribution in [0, 0.1) is 11.8 Å². The van der Waals surface area contributed by atoms with E-state index in [1.165, 1.54) is 18.4 Å². The van der Waals surface area contributed by atoms with E-state index in [2.05, 4.69) is 52.0 Å². The van der Waals surface area contributed by atoms with E-state index >= 15 is 0 Å². The number of rotatable bonds is 6. The van der Waals surface area contributed by atoms with E-state index in [0.29, 0.717) is 5.92 Å². The minimum Gasteiger partial charge on any atom is -0.497 e. The van der Waals surface area contributed by atoms with Crippen LogP contribution in [0.1, 0.15) is 52.0 Å². The highest BCUT2D eigenvalue weighted by atomic mass is 16.5. The van der Waals surface area contributed by atoms with Gasteiger partial charge in [0.2, 0.25) is 0 Å². The molecule has 1 aromatic rings. The fourth-order valence-corrected chi connectivity index (χ4v) is 2.34. The SMILES string of the molecule is CCC(C)C(CC(C)C)c1ccc(OC)cc1. The first-order valence-corrected chi connectivity index (χ1v) is 6.72. The van der Waals surface area contributed by atoms with Gasteiger partial charge in [0.25, 0.3) is 0 Å². The Morgan fingerprint density at radius 3 is 2.06 bits per heavy atom. The zero-order chi connectivity index (χ0) is 12.8. The molecule has 0 fully saturated rings. The van der Waals surface area contributed by atoms with Crippen molar-refractivity contribution in [3.8, 4) is 5.75 Å². The topological polar surface area (TPSA) is 9.23 Å². The van der Waals surface area contributed by atoms with Crippen molar-refractivity contribution >= 4 is 0 Å². The second-order valence-electron chi connectivity index (χ2n) is 5.39. The maximum Gasteiger partial charge on any atom is 0.118 e. The molecule has 0 aliphatic heterocycles. The monoisotopic (exact) mass is 234 g/mol. The molecule has 0 aliphatic rings. The van der Waals surface area contributed by atoms with Gasteiger partial charge in [-0.15, -0.1) is 0 Å². The summed E-state index contributed by atoms with van der Waals surface area (Å²) >= 11 is 0. The van der Waals surface area contributed by atoms with Crippen molar-refractivity contribution < 1.29 is 4.74 Å². The molecule has 0 saturated carbocycles. The van der Waals surface area contributed by atoms with Gasteiger partial charge in [-0.25, -0.2) is 0 Å². The van der Waals surface area contributed by atoms with Crippen LogP contribution in [0.15, 0.2) is 24.3 Å². The predicted octanol–water partition coefficient (Wildman–Crippen LogP) is 4.87. The smallest absolute Gasteiger partial charge is 0.118 e. The molecule has 0 spiro atoms. The van der Waals surface area contributed by atoms with E-state index in [1.54, 1.807) is 7.11 Å². The summed E-state index contributed by atoms with van der Waals surface area (Å²) in [6.07, 6.45) is 2.50. The Morgan fingerprint density at radius 2 is 1.65 bits per heavy atom. The van der Waals surface area contributed by atoms with Gasteiger partial charge in [0.15, 0.2) is 0 Å². The van der Waals surface area contributed by atoms with Crippen molar-refractivity contribution in [1.82, 2.24) is 0 Å². The van der Waals surface area contributed by atoms with Crippen LogP contribution < -0.4 is 4.74 Å². The second kappa shape index (κ2) is 6.68. The highest BCUT2D eigenvalue weighted by Crippen LogP contribution is 2.33. The third kappa shape index (κ3) is 4.07. The summed E-state index contributed by atoms with van der Waals surface area (Å²) in [5.41, 5.74) is 1.45. The van der Waals surface area contributed by atoms with Gasteiger partial charge in [-0.2, -0.15) is 0 Å². The lowest BCUT2D eigenvalue weighted by Crippen LogP contribution is -2.11. The van der Waals surface area contributed by atoms with Crippen molar-refractivity contribution in [2.24, 2.45) is 11.8 Å². The summed E-state index contributed by atoms with van der Waals surface area (Å²) in [7, 11) is 1.72. The van der Waals surface area contributed by atoms with Crippen LogP contribution in [-0.2, 0) is 0 Å². The average molecular weight is 234 g/mol. The Labute approximate surface area is 106 Å². The molecule has 0 amide bonds. The Morgan fingerprint density at radius 1 is 1.06 bits per heavy atom. The summed E-state index contributed by atoms with van der Waals surface area (Å²) in [5.74, 6) is 3.11. The van der Waals surface area contributed by atoms with Crippen LogP contribution in [-0.4, -0.2) is 7.11 Å². The molecule has 96 valence electrons. The van der Waals surface area contributed by atoms with Gasteiger partial charge in [0.05, 0.1) is 7.11 Å². The lowest BCUT2D eigenvalue weighted by atomic mass is 9.80. The van der Waals surface area contributed by atoms with Crippen molar-refractivity contribution in [2.75, 3.05) is 7.11 Å². The van der Waals surface area contributed by atoms with Crippen LogP contribution in [0.3, 0.4) is 0 Å². The van der Waals surface area contributed by atoms with Gasteiger partial charge in [-0.1, -0.05) is 46.2 Å². The Balaban J connectivity index is 2.87. The molecule has 2 unspecified atom stereocenters. The minimum absolute atomic E-state index is 0.672. The number of hydrogen-bond acceptors (Lipinski definition) is 1. The van der Waals surface area contributed by atoms with Gasteiger partial charge in [0, 0.05) is 0 Å². The molecule has 0 aliphatic carbocycles. The van der Waals surface area contributed by atoms with Gasteiger partial charge < -0.3 is 4.74 Å². The molecule has 1 nitrogen and oxygen atoms in total. The molecule has 0 saturated heterocycles. The number of hydrogen-bond donors (Lipinski definition) is 0. The molecule has 2 atom stereocenters. The molecule has 17 heavy (non-hydrogen) atoms. The summed E-state index contributed by atoms with van der Waals surface area (Å²) in [4.78, 5) is 0. The highest BCUT2D eigenvalue weighted by Gasteiger charge is 2.19. The third-order valence-electron chi connectivity index (χ3n) is 3.60.